The largest absolute Gasteiger partial charge is 0.355 e. The van der Waals surface area contributed by atoms with Gasteiger partial charge in [-0.1, -0.05) is 0 Å². The predicted octanol–water partition coefficient (Wildman–Crippen LogP) is -0.156. The summed E-state index contributed by atoms with van der Waals surface area (Å²) >= 11 is 0. The quantitative estimate of drug-likeness (QED) is 0.833. The number of nitrogens with one attached hydrogen (secondary N) is 1. The van der Waals surface area contributed by atoms with Crippen molar-refractivity contribution in [1.82, 2.24) is 20.0 Å². The summed E-state index contributed by atoms with van der Waals surface area (Å²) in [6.07, 6.45) is 4.76. The predicted molar refractivity (Wildman–Crippen MR) is 74.2 cm³/mol. The highest BCUT2D eigenvalue weighted by atomic mass is 16.2. The second kappa shape index (κ2) is 5.75. The van der Waals surface area contributed by atoms with E-state index in [0.29, 0.717) is 12.5 Å². The third kappa shape index (κ3) is 2.75. The van der Waals surface area contributed by atoms with E-state index in [0.717, 1.165) is 38.9 Å². The van der Waals surface area contributed by atoms with E-state index in [9.17, 15) is 9.59 Å². The molecule has 6 heteroatoms. The molecular weight excluding hydrogens is 256 g/mol. The van der Waals surface area contributed by atoms with Gasteiger partial charge in [0.25, 0.3) is 5.56 Å². The third-order valence-corrected chi connectivity index (χ3v) is 4.15. The van der Waals surface area contributed by atoms with E-state index in [-0.39, 0.29) is 17.5 Å². The van der Waals surface area contributed by atoms with E-state index in [2.05, 4.69) is 15.3 Å². The molecule has 2 aliphatic heterocycles. The van der Waals surface area contributed by atoms with Crippen molar-refractivity contribution in [1.29, 1.82) is 0 Å². The lowest BCUT2D eigenvalue weighted by molar-refractivity contribution is -0.129. The number of hydrogen-bond acceptors (Lipinski definition) is 4. The Morgan fingerprint density at radius 3 is 2.95 bits per heavy atom. The van der Waals surface area contributed by atoms with Crippen LogP contribution in [0.5, 0.6) is 0 Å². The number of aromatic nitrogens is 2. The summed E-state index contributed by atoms with van der Waals surface area (Å²) in [5.41, 5.74) is -0.0573. The Kier molecular flexibility index (Phi) is 3.82. The van der Waals surface area contributed by atoms with Crippen molar-refractivity contribution in [2.45, 2.75) is 31.8 Å². The number of rotatable bonds is 3. The molecule has 1 atom stereocenters. The monoisotopic (exact) mass is 276 g/mol. The molecule has 6 nitrogen and oxygen atoms in total. The molecule has 0 spiro atoms. The number of hydrogen-bond donors (Lipinski definition) is 1. The molecule has 1 N–H and O–H groups in total. The van der Waals surface area contributed by atoms with Crippen LogP contribution < -0.4 is 10.9 Å². The molecule has 1 aromatic rings. The van der Waals surface area contributed by atoms with Gasteiger partial charge in [-0.2, -0.15) is 5.10 Å². The summed E-state index contributed by atoms with van der Waals surface area (Å²) < 4.78 is 1.51. The van der Waals surface area contributed by atoms with E-state index in [1.165, 1.54) is 10.7 Å². The van der Waals surface area contributed by atoms with Gasteiger partial charge in [0.1, 0.15) is 0 Å². The lowest BCUT2D eigenvalue weighted by Crippen LogP contribution is -2.57. The molecule has 20 heavy (non-hydrogen) atoms. The number of likely N-dealkylation sites (tertiary alicyclic amines) is 1. The van der Waals surface area contributed by atoms with Gasteiger partial charge in [0, 0.05) is 37.8 Å². The molecule has 1 aromatic heterocycles. The molecule has 0 aromatic carbocycles. The Labute approximate surface area is 117 Å². The fraction of sp³-hybridized carbons (Fsp3) is 0.643. The van der Waals surface area contributed by atoms with E-state index < -0.39 is 0 Å². The maximum atomic E-state index is 11.9. The number of nitrogens with zero attached hydrogens (tertiary/aromatic N) is 3. The highest BCUT2D eigenvalue weighted by Gasteiger charge is 2.36. The van der Waals surface area contributed by atoms with Crippen molar-refractivity contribution in [2.24, 2.45) is 5.92 Å². The normalized spacial score (nSPS) is 24.8. The van der Waals surface area contributed by atoms with E-state index in [1.54, 1.807) is 12.3 Å². The summed E-state index contributed by atoms with van der Waals surface area (Å²) in [5.74, 6) is 0.578. The molecule has 2 fully saturated rings. The van der Waals surface area contributed by atoms with Crippen LogP contribution in [0.15, 0.2) is 23.1 Å². The third-order valence-electron chi connectivity index (χ3n) is 4.15. The van der Waals surface area contributed by atoms with Crippen LogP contribution in [-0.2, 0) is 11.3 Å². The fourth-order valence-electron chi connectivity index (χ4n) is 3.02. The van der Waals surface area contributed by atoms with Crippen molar-refractivity contribution in [3.63, 3.8) is 0 Å². The lowest BCUT2D eigenvalue weighted by atomic mass is 9.95. The van der Waals surface area contributed by atoms with E-state index in [4.69, 9.17) is 0 Å². The fourth-order valence-corrected chi connectivity index (χ4v) is 3.02. The standard InChI is InChI=1S/C14H20N4O2/c19-13-5-3-7-16-18(13)10-11-8-17(9-11)12-4-1-2-6-15-14(12)20/h3,5,7,11-12H,1-2,4,6,8-10H2,(H,15,20). The molecule has 1 amide bonds. The Morgan fingerprint density at radius 1 is 1.30 bits per heavy atom. The molecule has 0 bridgehead atoms. The van der Waals surface area contributed by atoms with Gasteiger partial charge < -0.3 is 5.32 Å². The average Bonchev–Trinajstić information content (AvgIpc) is 2.60. The Balaban J connectivity index is 1.55. The summed E-state index contributed by atoms with van der Waals surface area (Å²) in [6, 6.07) is 3.21. The van der Waals surface area contributed by atoms with Crippen LogP contribution in [0.3, 0.4) is 0 Å². The van der Waals surface area contributed by atoms with Crippen LogP contribution >= 0.6 is 0 Å². The van der Waals surface area contributed by atoms with Gasteiger partial charge in [0.05, 0.1) is 12.6 Å². The van der Waals surface area contributed by atoms with Gasteiger partial charge in [0.15, 0.2) is 0 Å². The van der Waals surface area contributed by atoms with Crippen LogP contribution in [-0.4, -0.2) is 46.3 Å². The molecule has 0 radical (unpaired) electrons. The summed E-state index contributed by atoms with van der Waals surface area (Å²) in [4.78, 5) is 25.8. The van der Waals surface area contributed by atoms with Crippen molar-refractivity contribution in [2.75, 3.05) is 19.6 Å². The van der Waals surface area contributed by atoms with Crippen LogP contribution in [0, 0.1) is 5.92 Å². The smallest absolute Gasteiger partial charge is 0.266 e. The molecule has 0 aliphatic carbocycles. The highest BCUT2D eigenvalue weighted by molar-refractivity contribution is 5.82. The van der Waals surface area contributed by atoms with Crippen molar-refractivity contribution < 1.29 is 4.79 Å². The molecule has 3 heterocycles. The van der Waals surface area contributed by atoms with Crippen LogP contribution in [0.4, 0.5) is 0 Å². The summed E-state index contributed by atoms with van der Waals surface area (Å²) in [7, 11) is 0. The molecule has 2 saturated heterocycles. The Hall–Kier alpha value is -1.69. The minimum Gasteiger partial charge on any atom is -0.355 e. The minimum absolute atomic E-state index is 0.0224. The maximum Gasteiger partial charge on any atom is 0.266 e. The second-order valence-electron chi connectivity index (χ2n) is 5.67. The van der Waals surface area contributed by atoms with Gasteiger partial charge in [-0.05, 0) is 25.3 Å². The zero-order valence-electron chi connectivity index (χ0n) is 11.5. The first-order chi connectivity index (χ1) is 9.74. The van der Waals surface area contributed by atoms with Gasteiger partial charge >= 0.3 is 0 Å². The van der Waals surface area contributed by atoms with Crippen molar-refractivity contribution in [3.8, 4) is 0 Å². The SMILES string of the molecule is O=C1NCCCCC1N1CC(Cn2ncccc2=O)C1. The highest BCUT2D eigenvalue weighted by Crippen LogP contribution is 2.23. The minimum atomic E-state index is -0.0573. The molecule has 1 unspecified atom stereocenters. The first kappa shape index (κ1) is 13.3. The summed E-state index contributed by atoms with van der Waals surface area (Å²) in [6.45, 7) is 3.20. The molecular formula is C14H20N4O2. The summed E-state index contributed by atoms with van der Waals surface area (Å²) in [5, 5.41) is 7.04. The van der Waals surface area contributed by atoms with Gasteiger partial charge in [-0.25, -0.2) is 4.68 Å². The maximum absolute atomic E-state index is 11.9. The van der Waals surface area contributed by atoms with Crippen molar-refractivity contribution >= 4 is 5.91 Å². The number of carbonyl (C=O) groups is 1. The number of carbonyl (C=O) groups excluding carboxylic acids is 1. The van der Waals surface area contributed by atoms with E-state index in [1.807, 2.05) is 0 Å². The first-order valence-electron chi connectivity index (χ1n) is 7.28. The lowest BCUT2D eigenvalue weighted by Gasteiger charge is -2.43. The van der Waals surface area contributed by atoms with Gasteiger partial charge in [0.2, 0.25) is 5.91 Å². The first-order valence-corrected chi connectivity index (χ1v) is 7.28. The average molecular weight is 276 g/mol. The topological polar surface area (TPSA) is 67.2 Å². The van der Waals surface area contributed by atoms with Crippen LogP contribution in [0.25, 0.3) is 0 Å². The zero-order chi connectivity index (χ0) is 13.9. The van der Waals surface area contributed by atoms with E-state index >= 15 is 0 Å². The molecule has 2 aliphatic rings. The van der Waals surface area contributed by atoms with Gasteiger partial charge in [-0.3, -0.25) is 14.5 Å². The second-order valence-corrected chi connectivity index (χ2v) is 5.67. The van der Waals surface area contributed by atoms with Crippen molar-refractivity contribution in [3.05, 3.63) is 28.7 Å². The Morgan fingerprint density at radius 2 is 2.15 bits per heavy atom. The van der Waals surface area contributed by atoms with Gasteiger partial charge in [-0.15, -0.1) is 0 Å². The zero-order valence-corrected chi connectivity index (χ0v) is 11.5. The molecule has 0 saturated carbocycles. The Bertz CT molecular complexity index is 536. The molecule has 3 rings (SSSR count). The van der Waals surface area contributed by atoms with Crippen LogP contribution in [0.2, 0.25) is 0 Å². The molecule has 108 valence electrons. The number of amides is 1. The van der Waals surface area contributed by atoms with Crippen LogP contribution in [0.1, 0.15) is 19.3 Å².